The number of nitrogens with one attached hydrogen (secondary N) is 1. The number of likely N-dealkylation sites (tertiary alicyclic amines) is 1. The van der Waals surface area contributed by atoms with Crippen molar-refractivity contribution in [3.05, 3.63) is 77.4 Å². The average molecular weight is 535 g/mol. The molecule has 0 saturated carbocycles. The van der Waals surface area contributed by atoms with Gasteiger partial charge in [0.2, 0.25) is 11.6 Å². The number of carbonyl (C=O) groups excluding carboxylic acids is 1. The Labute approximate surface area is 227 Å². The number of rotatable bonds is 7. The standard InChI is InChI=1S/C30H35FN4O4/c1-17(2)24-15-26(38-33-24)27(18(3)4)29(37)35-16-21(36)14-25(35)28-32-30(5,39-34-28)20-12-10-19(11-13-20)22-8-6-7-9-23(22)31/h6-13,15,17-18,21,25,27,36H,14,16H2,1-5H3,(H,32,34)/t21-,25+,27-,30?/m1/s1. The predicted octanol–water partition coefficient (Wildman–Crippen LogP) is 5.11. The SMILES string of the molecule is CC(C)c1cc([C@H](C(=O)N2C[C@H](O)C[C@H]2C2=NOC(C)(c3ccc(-c4ccccc4F)cc3)N2)C(C)C)on1. The Balaban J connectivity index is 1.35. The molecule has 0 bridgehead atoms. The number of amides is 1. The number of oxime groups is 1. The number of halogens is 1. The number of hydrogen-bond donors (Lipinski definition) is 2. The van der Waals surface area contributed by atoms with Crippen LogP contribution in [-0.4, -0.2) is 45.6 Å². The number of benzene rings is 2. The molecule has 8 nitrogen and oxygen atoms in total. The number of aromatic nitrogens is 1. The lowest BCUT2D eigenvalue weighted by Gasteiger charge is -2.30. The number of β-amino-alcohol motifs (C(OH)–C–C–N with tert-alkyl or cyclic N) is 1. The summed E-state index contributed by atoms with van der Waals surface area (Å²) < 4.78 is 19.8. The number of carbonyl (C=O) groups is 1. The summed E-state index contributed by atoms with van der Waals surface area (Å²) >= 11 is 0. The van der Waals surface area contributed by atoms with Crippen molar-refractivity contribution >= 4 is 11.7 Å². The van der Waals surface area contributed by atoms with E-state index in [2.05, 4.69) is 15.6 Å². The summed E-state index contributed by atoms with van der Waals surface area (Å²) in [5.74, 6) is 0.159. The lowest BCUT2D eigenvalue weighted by Crippen LogP contribution is -2.50. The van der Waals surface area contributed by atoms with Gasteiger partial charge in [-0.05, 0) is 23.5 Å². The molecule has 2 aliphatic heterocycles. The maximum absolute atomic E-state index is 14.2. The number of aliphatic hydroxyl groups excluding tert-OH is 1. The third-order valence-electron chi connectivity index (χ3n) is 7.57. The van der Waals surface area contributed by atoms with E-state index >= 15 is 0 Å². The highest BCUT2D eigenvalue weighted by Crippen LogP contribution is 2.35. The Morgan fingerprint density at radius 3 is 2.51 bits per heavy atom. The van der Waals surface area contributed by atoms with Crippen LogP contribution < -0.4 is 5.32 Å². The average Bonchev–Trinajstić information content (AvgIpc) is 3.63. The second-order valence-electron chi connectivity index (χ2n) is 11.2. The molecule has 0 aliphatic carbocycles. The Morgan fingerprint density at radius 2 is 1.87 bits per heavy atom. The summed E-state index contributed by atoms with van der Waals surface area (Å²) in [4.78, 5) is 21.4. The first-order valence-corrected chi connectivity index (χ1v) is 13.4. The third-order valence-corrected chi connectivity index (χ3v) is 7.57. The van der Waals surface area contributed by atoms with E-state index in [1.165, 1.54) is 6.07 Å². The van der Waals surface area contributed by atoms with Gasteiger partial charge in [-0.25, -0.2) is 4.39 Å². The minimum absolute atomic E-state index is 0.0446. The first-order chi connectivity index (χ1) is 18.6. The molecule has 1 saturated heterocycles. The molecule has 2 aliphatic rings. The van der Waals surface area contributed by atoms with Gasteiger partial charge >= 0.3 is 0 Å². The van der Waals surface area contributed by atoms with E-state index in [4.69, 9.17) is 9.36 Å². The summed E-state index contributed by atoms with van der Waals surface area (Å²) in [6.45, 7) is 10.0. The van der Waals surface area contributed by atoms with Crippen LogP contribution in [0.25, 0.3) is 11.1 Å². The Hall–Kier alpha value is -3.72. The van der Waals surface area contributed by atoms with Gasteiger partial charge in [0.25, 0.3) is 0 Å². The quantitative estimate of drug-likeness (QED) is 0.437. The summed E-state index contributed by atoms with van der Waals surface area (Å²) in [6.07, 6.45) is -0.356. The highest BCUT2D eigenvalue weighted by atomic mass is 19.1. The van der Waals surface area contributed by atoms with Gasteiger partial charge in [0, 0.05) is 37.1 Å². The van der Waals surface area contributed by atoms with Crippen LogP contribution in [0, 0.1) is 11.7 Å². The molecule has 1 fully saturated rings. The maximum Gasteiger partial charge on any atom is 0.234 e. The second-order valence-corrected chi connectivity index (χ2v) is 11.2. The van der Waals surface area contributed by atoms with E-state index in [-0.39, 0.29) is 30.1 Å². The van der Waals surface area contributed by atoms with Gasteiger partial charge in [0.15, 0.2) is 5.84 Å². The predicted molar refractivity (Wildman–Crippen MR) is 145 cm³/mol. The van der Waals surface area contributed by atoms with E-state index in [1.807, 2.05) is 65.0 Å². The van der Waals surface area contributed by atoms with Gasteiger partial charge in [-0.3, -0.25) is 4.79 Å². The number of aliphatic hydroxyl groups is 1. The Kier molecular flexibility index (Phi) is 7.20. The number of hydrogen-bond acceptors (Lipinski definition) is 7. The van der Waals surface area contributed by atoms with Gasteiger partial charge in [0.05, 0.1) is 17.8 Å². The van der Waals surface area contributed by atoms with E-state index in [0.29, 0.717) is 23.6 Å². The highest BCUT2D eigenvalue weighted by molar-refractivity contribution is 5.94. The van der Waals surface area contributed by atoms with Gasteiger partial charge in [-0.1, -0.05) is 80.5 Å². The van der Waals surface area contributed by atoms with Crippen LogP contribution in [-0.2, 0) is 15.4 Å². The summed E-state index contributed by atoms with van der Waals surface area (Å²) in [5, 5.41) is 22.4. The van der Waals surface area contributed by atoms with Crippen molar-refractivity contribution in [1.29, 1.82) is 0 Å². The van der Waals surface area contributed by atoms with Crippen molar-refractivity contribution < 1.29 is 23.7 Å². The number of nitrogens with zero attached hydrogens (tertiary/aromatic N) is 3. The van der Waals surface area contributed by atoms with Gasteiger partial charge in [0.1, 0.15) is 17.5 Å². The second kappa shape index (κ2) is 10.4. The number of amidine groups is 1. The summed E-state index contributed by atoms with van der Waals surface area (Å²) in [6, 6.07) is 15.4. The highest BCUT2D eigenvalue weighted by Gasteiger charge is 2.46. The zero-order chi connectivity index (χ0) is 27.9. The van der Waals surface area contributed by atoms with Gasteiger partial charge in [-0.15, -0.1) is 0 Å². The van der Waals surface area contributed by atoms with Crippen LogP contribution in [0.2, 0.25) is 0 Å². The summed E-state index contributed by atoms with van der Waals surface area (Å²) in [5.41, 5.74) is 1.88. The minimum atomic E-state index is -0.986. The zero-order valence-corrected chi connectivity index (χ0v) is 22.9. The molecular formula is C30H35FN4O4. The lowest BCUT2D eigenvalue weighted by atomic mass is 9.90. The zero-order valence-electron chi connectivity index (χ0n) is 22.9. The molecule has 206 valence electrons. The largest absolute Gasteiger partial charge is 0.391 e. The molecule has 1 amide bonds. The normalized spacial score (nSPS) is 23.6. The molecule has 3 heterocycles. The maximum atomic E-state index is 14.2. The van der Waals surface area contributed by atoms with Crippen molar-refractivity contribution in [3.8, 4) is 11.1 Å². The monoisotopic (exact) mass is 534 g/mol. The van der Waals surface area contributed by atoms with Crippen molar-refractivity contribution in [2.45, 2.75) is 70.7 Å². The van der Waals surface area contributed by atoms with E-state index in [9.17, 15) is 14.3 Å². The van der Waals surface area contributed by atoms with E-state index in [1.54, 1.807) is 23.1 Å². The fraction of sp³-hybridized carbons (Fsp3) is 0.433. The molecule has 0 radical (unpaired) electrons. The summed E-state index contributed by atoms with van der Waals surface area (Å²) in [7, 11) is 0. The van der Waals surface area contributed by atoms with Crippen molar-refractivity contribution in [3.63, 3.8) is 0 Å². The fourth-order valence-electron chi connectivity index (χ4n) is 5.32. The minimum Gasteiger partial charge on any atom is -0.391 e. The molecule has 3 aromatic rings. The smallest absolute Gasteiger partial charge is 0.234 e. The Bertz CT molecular complexity index is 1370. The first kappa shape index (κ1) is 26.9. The van der Waals surface area contributed by atoms with Crippen LogP contribution in [0.5, 0.6) is 0 Å². The Morgan fingerprint density at radius 1 is 1.15 bits per heavy atom. The molecule has 4 atom stereocenters. The molecule has 5 rings (SSSR count). The molecule has 1 aromatic heterocycles. The van der Waals surface area contributed by atoms with Crippen molar-refractivity contribution in [2.24, 2.45) is 11.1 Å². The van der Waals surface area contributed by atoms with Gasteiger partial charge < -0.3 is 24.7 Å². The van der Waals surface area contributed by atoms with Crippen LogP contribution >= 0.6 is 0 Å². The van der Waals surface area contributed by atoms with E-state index < -0.39 is 23.8 Å². The lowest BCUT2D eigenvalue weighted by molar-refractivity contribution is -0.134. The molecule has 39 heavy (non-hydrogen) atoms. The molecule has 2 aromatic carbocycles. The molecule has 1 unspecified atom stereocenters. The fourth-order valence-corrected chi connectivity index (χ4v) is 5.32. The van der Waals surface area contributed by atoms with E-state index in [0.717, 1.165) is 16.8 Å². The topological polar surface area (TPSA) is 100 Å². The van der Waals surface area contributed by atoms with Crippen molar-refractivity contribution in [1.82, 2.24) is 15.4 Å². The van der Waals surface area contributed by atoms with Crippen LogP contribution in [0.1, 0.15) is 69.9 Å². The first-order valence-electron chi connectivity index (χ1n) is 13.4. The van der Waals surface area contributed by atoms with Gasteiger partial charge in [-0.2, -0.15) is 0 Å². The third kappa shape index (κ3) is 5.15. The van der Waals surface area contributed by atoms with Crippen LogP contribution in [0.4, 0.5) is 4.39 Å². The molecular weight excluding hydrogens is 499 g/mol. The molecule has 0 spiro atoms. The van der Waals surface area contributed by atoms with Crippen LogP contribution in [0.3, 0.4) is 0 Å². The molecule has 9 heteroatoms. The molecule has 2 N–H and O–H groups in total. The van der Waals surface area contributed by atoms with Crippen LogP contribution in [0.15, 0.2) is 64.3 Å². The van der Waals surface area contributed by atoms with Crippen molar-refractivity contribution in [2.75, 3.05) is 6.54 Å².